The van der Waals surface area contributed by atoms with E-state index in [1.165, 1.54) is 10.8 Å². The van der Waals surface area contributed by atoms with E-state index in [-0.39, 0.29) is 19.0 Å². The van der Waals surface area contributed by atoms with Gasteiger partial charge in [0.2, 0.25) is 5.82 Å². The first-order valence-corrected chi connectivity index (χ1v) is 7.20. The monoisotopic (exact) mass is 370 g/mol. The Balaban J connectivity index is 1.95. The van der Waals surface area contributed by atoms with Gasteiger partial charge in [-0.3, -0.25) is 4.52 Å². The van der Waals surface area contributed by atoms with Gasteiger partial charge in [0, 0.05) is 6.61 Å². The fraction of sp³-hybridized carbons (Fsp3) is 0.333. The second-order valence-electron chi connectivity index (χ2n) is 4.48. The van der Waals surface area contributed by atoms with Crippen LogP contribution < -0.4 is 5.76 Å². The third-order valence-electron chi connectivity index (χ3n) is 2.96. The maximum Gasteiger partial charge on any atom is 0.442 e. The molecule has 0 bridgehead atoms. The van der Waals surface area contributed by atoms with E-state index in [9.17, 15) is 4.79 Å². The van der Waals surface area contributed by atoms with Crippen LogP contribution in [-0.4, -0.2) is 31.8 Å². The number of aliphatic hydroxyl groups excluding tert-OH is 1. The number of nitrogens with zero attached hydrogens (tertiary/aromatic N) is 4. The van der Waals surface area contributed by atoms with E-state index in [4.69, 9.17) is 18.7 Å². The molecule has 0 saturated heterocycles. The van der Waals surface area contributed by atoms with Crippen LogP contribution in [0.5, 0.6) is 0 Å². The molecule has 0 saturated carbocycles. The molecule has 0 fully saturated rings. The van der Waals surface area contributed by atoms with Gasteiger partial charge in [0.25, 0.3) is 0 Å². The second kappa shape index (κ2) is 6.28. The van der Waals surface area contributed by atoms with Crippen molar-refractivity contribution in [2.45, 2.75) is 19.4 Å². The molecule has 0 aliphatic rings. The highest BCUT2D eigenvalue weighted by atomic mass is 79.9. The van der Waals surface area contributed by atoms with Crippen molar-refractivity contribution in [2.75, 3.05) is 6.61 Å². The van der Waals surface area contributed by atoms with Gasteiger partial charge in [0.15, 0.2) is 5.69 Å². The van der Waals surface area contributed by atoms with E-state index in [2.05, 4.69) is 31.4 Å². The molecular formula is C12H11BrN4O5. The van der Waals surface area contributed by atoms with Crippen molar-refractivity contribution in [3.8, 4) is 11.5 Å². The zero-order valence-electron chi connectivity index (χ0n) is 11.2. The quantitative estimate of drug-likeness (QED) is 0.687. The number of halogens is 1. The van der Waals surface area contributed by atoms with Crippen LogP contribution in [-0.2, 0) is 13.0 Å². The molecule has 0 atom stereocenters. The molecule has 3 rings (SSSR count). The summed E-state index contributed by atoms with van der Waals surface area (Å²) in [6.45, 7) is 0.147. The van der Waals surface area contributed by atoms with E-state index < -0.39 is 5.76 Å². The lowest BCUT2D eigenvalue weighted by Gasteiger charge is -2.00. The molecule has 3 heterocycles. The molecule has 0 amide bonds. The van der Waals surface area contributed by atoms with Crippen LogP contribution in [0.1, 0.15) is 17.9 Å². The predicted molar refractivity (Wildman–Crippen MR) is 75.0 cm³/mol. The predicted octanol–water partition coefficient (Wildman–Crippen LogP) is 1.21. The van der Waals surface area contributed by atoms with Crippen molar-refractivity contribution in [2.24, 2.45) is 0 Å². The first kappa shape index (κ1) is 14.7. The highest BCUT2D eigenvalue weighted by Crippen LogP contribution is 2.21. The van der Waals surface area contributed by atoms with E-state index in [0.29, 0.717) is 30.0 Å². The number of hydrogen-bond donors (Lipinski definition) is 1. The van der Waals surface area contributed by atoms with E-state index in [0.717, 1.165) is 4.47 Å². The highest BCUT2D eigenvalue weighted by Gasteiger charge is 2.22. The van der Waals surface area contributed by atoms with Crippen molar-refractivity contribution in [1.29, 1.82) is 0 Å². The van der Waals surface area contributed by atoms with Crippen molar-refractivity contribution in [3.63, 3.8) is 0 Å². The Bertz CT molecular complexity index is 817. The smallest absolute Gasteiger partial charge is 0.442 e. The highest BCUT2D eigenvalue weighted by molar-refractivity contribution is 9.10. The number of aryl methyl sites for hydroxylation is 1. The molecule has 0 unspecified atom stereocenters. The summed E-state index contributed by atoms with van der Waals surface area (Å²) in [5, 5.41) is 20.2. The van der Waals surface area contributed by atoms with Crippen LogP contribution in [0, 0.1) is 0 Å². The van der Waals surface area contributed by atoms with Crippen LogP contribution >= 0.6 is 15.9 Å². The zero-order valence-corrected chi connectivity index (χ0v) is 12.8. The summed E-state index contributed by atoms with van der Waals surface area (Å²) in [4.78, 5) is 11.8. The van der Waals surface area contributed by atoms with Gasteiger partial charge in [-0.2, -0.15) is 0 Å². The van der Waals surface area contributed by atoms with Gasteiger partial charge in [-0.15, -0.1) is 0 Å². The molecule has 0 spiro atoms. The van der Waals surface area contributed by atoms with Gasteiger partial charge in [-0.25, -0.2) is 14.0 Å². The maximum absolute atomic E-state index is 11.8. The van der Waals surface area contributed by atoms with Gasteiger partial charge in [-0.1, -0.05) is 10.3 Å². The Kier molecular flexibility index (Phi) is 4.20. The third-order valence-corrected chi connectivity index (χ3v) is 3.38. The van der Waals surface area contributed by atoms with Crippen LogP contribution in [0.2, 0.25) is 0 Å². The summed E-state index contributed by atoms with van der Waals surface area (Å²) in [7, 11) is 0. The number of aromatic nitrogens is 4. The normalized spacial score (nSPS) is 11.2. The van der Waals surface area contributed by atoms with Gasteiger partial charge in [0.1, 0.15) is 17.7 Å². The first-order valence-electron chi connectivity index (χ1n) is 6.41. The van der Waals surface area contributed by atoms with Crippen LogP contribution in [0.25, 0.3) is 11.5 Å². The molecule has 9 nitrogen and oxygen atoms in total. The Hall–Kier alpha value is -2.20. The minimum absolute atomic E-state index is 0.0122. The second-order valence-corrected chi connectivity index (χ2v) is 5.39. The van der Waals surface area contributed by atoms with Crippen molar-refractivity contribution in [3.05, 3.63) is 38.8 Å². The molecule has 0 aliphatic heterocycles. The minimum Gasteiger partial charge on any atom is -0.466 e. The lowest BCUT2D eigenvalue weighted by atomic mass is 10.2. The molecular weight excluding hydrogens is 360 g/mol. The number of rotatable bonds is 6. The molecule has 10 heteroatoms. The average molecular weight is 371 g/mol. The molecule has 0 radical (unpaired) electrons. The van der Waals surface area contributed by atoms with Crippen molar-refractivity contribution < 1.29 is 18.7 Å². The molecule has 0 aliphatic carbocycles. The van der Waals surface area contributed by atoms with Gasteiger partial charge in [0.05, 0.1) is 11.0 Å². The van der Waals surface area contributed by atoms with Crippen molar-refractivity contribution in [1.82, 2.24) is 20.0 Å². The maximum atomic E-state index is 11.8. The summed E-state index contributed by atoms with van der Waals surface area (Å²) in [6, 6.07) is 1.73. The van der Waals surface area contributed by atoms with E-state index >= 15 is 0 Å². The van der Waals surface area contributed by atoms with E-state index in [1.54, 1.807) is 6.07 Å². The van der Waals surface area contributed by atoms with Crippen LogP contribution in [0.3, 0.4) is 0 Å². The third kappa shape index (κ3) is 2.88. The summed E-state index contributed by atoms with van der Waals surface area (Å²) in [5.41, 5.74) is 0.807. The molecule has 1 N–H and O–H groups in total. The van der Waals surface area contributed by atoms with Gasteiger partial charge >= 0.3 is 5.76 Å². The SMILES string of the molecule is O=c1onc(-c2nonc2CCCO)n1Cc1cc(Br)co1. The van der Waals surface area contributed by atoms with Crippen molar-refractivity contribution >= 4 is 15.9 Å². The summed E-state index contributed by atoms with van der Waals surface area (Å²) >= 11 is 3.27. The fourth-order valence-electron chi connectivity index (χ4n) is 1.96. The zero-order chi connectivity index (χ0) is 15.5. The number of furan rings is 1. The topological polar surface area (TPSA) is 120 Å². The average Bonchev–Trinajstić information content (AvgIpc) is 3.20. The molecule has 116 valence electrons. The molecule has 0 aromatic carbocycles. The summed E-state index contributed by atoms with van der Waals surface area (Å²) < 4.78 is 16.7. The summed E-state index contributed by atoms with van der Waals surface area (Å²) in [5.74, 6) is 0.108. The minimum atomic E-state index is -0.640. The van der Waals surface area contributed by atoms with Gasteiger partial charge in [-0.05, 0) is 40.0 Å². The molecule has 3 aromatic heterocycles. The largest absolute Gasteiger partial charge is 0.466 e. The lowest BCUT2D eigenvalue weighted by Crippen LogP contribution is -2.16. The fourth-order valence-corrected chi connectivity index (χ4v) is 2.31. The number of aliphatic hydroxyl groups is 1. The van der Waals surface area contributed by atoms with Crippen LogP contribution in [0.4, 0.5) is 0 Å². The summed E-state index contributed by atoms with van der Waals surface area (Å²) in [6.07, 6.45) is 2.45. The van der Waals surface area contributed by atoms with E-state index in [1.807, 2.05) is 0 Å². The lowest BCUT2D eigenvalue weighted by molar-refractivity contribution is 0.282. The van der Waals surface area contributed by atoms with Crippen LogP contribution in [0.15, 0.2) is 35.2 Å². The standard InChI is InChI=1S/C12H11BrN4O5/c13-7-4-8(20-6-7)5-17-11(16-21-12(17)19)10-9(2-1-3-18)14-22-15-10/h4,6,18H,1-3,5H2. The first-order chi connectivity index (χ1) is 10.7. The Morgan fingerprint density at radius 2 is 2.18 bits per heavy atom. The van der Waals surface area contributed by atoms with Gasteiger partial charge < -0.3 is 9.52 Å². The Labute approximate surface area is 131 Å². The Morgan fingerprint density at radius 1 is 1.32 bits per heavy atom. The number of hydrogen-bond acceptors (Lipinski definition) is 8. The molecule has 22 heavy (non-hydrogen) atoms. The Morgan fingerprint density at radius 3 is 2.91 bits per heavy atom. The molecule has 3 aromatic rings.